The lowest BCUT2D eigenvalue weighted by atomic mass is 9.95. The molecule has 2 heterocycles. The van der Waals surface area contributed by atoms with Gasteiger partial charge in [0.15, 0.2) is 18.7 Å². The van der Waals surface area contributed by atoms with Crippen LogP contribution in [0, 0.1) is 0 Å². The number of carbonyl (C=O) groups excluding carboxylic acids is 1. The summed E-state index contributed by atoms with van der Waals surface area (Å²) in [6.07, 6.45) is 6.78. The Morgan fingerprint density at radius 1 is 0.638 bits per heavy atom. The summed E-state index contributed by atoms with van der Waals surface area (Å²) in [5.74, 6) is -3.30. The molecule has 2 rings (SSSR count). The summed E-state index contributed by atoms with van der Waals surface area (Å²) in [6, 6.07) is 0. The number of aliphatic hydroxyl groups is 8. The number of hydrogen-bond acceptors (Lipinski definition) is 13. The highest BCUT2D eigenvalue weighted by Gasteiger charge is 2.58. The normalized spacial score (nSPS) is 32.8. The first-order chi connectivity index (χ1) is 22.6. The van der Waals surface area contributed by atoms with E-state index in [2.05, 4.69) is 6.92 Å². The lowest BCUT2D eigenvalue weighted by Crippen LogP contribution is -2.69. The maximum absolute atomic E-state index is 12.7. The van der Waals surface area contributed by atoms with Gasteiger partial charge in [-0.2, -0.15) is 0 Å². The number of esters is 1. The molecule has 13 heteroatoms. The van der Waals surface area contributed by atoms with E-state index in [0.29, 0.717) is 6.42 Å². The van der Waals surface area contributed by atoms with Gasteiger partial charge in [0.2, 0.25) is 0 Å². The van der Waals surface area contributed by atoms with Gasteiger partial charge in [-0.3, -0.25) is 4.79 Å². The fraction of sp³-hybridized carbons (Fsp3) is 0.971. The third-order valence-electron chi connectivity index (χ3n) is 9.34. The van der Waals surface area contributed by atoms with Gasteiger partial charge in [-0.1, -0.05) is 122 Å². The molecule has 0 saturated carbocycles. The molecule has 0 aromatic rings. The smallest absolute Gasteiger partial charge is 0.308 e. The van der Waals surface area contributed by atoms with E-state index in [-0.39, 0.29) is 6.42 Å². The molecule has 0 radical (unpaired) electrons. The SMILES string of the molecule is CCCCCCCCCCCCCCCCCCCCCC(=O)O[C@@]1(CO)O[C@H](O[C@H]2[C@H](O)[C@@H](O)[C@H](O)O[C@@H]2CO)[C@H](O)[C@H](O)[C@H]1O. The first-order valence-corrected chi connectivity index (χ1v) is 18.1. The monoisotopic (exact) mass is 680 g/mol. The fourth-order valence-corrected chi connectivity index (χ4v) is 6.28. The molecule has 2 saturated heterocycles. The third kappa shape index (κ3) is 14.1. The summed E-state index contributed by atoms with van der Waals surface area (Å²) < 4.78 is 21.3. The first-order valence-electron chi connectivity index (χ1n) is 18.1. The van der Waals surface area contributed by atoms with Crippen LogP contribution in [0.4, 0.5) is 0 Å². The Bertz CT molecular complexity index is 817. The van der Waals surface area contributed by atoms with Crippen molar-refractivity contribution in [3.63, 3.8) is 0 Å². The summed E-state index contributed by atoms with van der Waals surface area (Å²) in [5.41, 5.74) is 0. The Balaban J connectivity index is 1.62. The second-order valence-corrected chi connectivity index (χ2v) is 13.3. The number of hydrogen-bond donors (Lipinski definition) is 8. The van der Waals surface area contributed by atoms with E-state index in [9.17, 15) is 45.6 Å². The van der Waals surface area contributed by atoms with Gasteiger partial charge >= 0.3 is 5.97 Å². The number of rotatable bonds is 25. The highest BCUT2D eigenvalue weighted by molar-refractivity contribution is 5.69. The number of carbonyl (C=O) groups is 1. The standard InChI is InChI=1S/C34H64O13/c1-2-3-4-5-6-7-8-9-10-11-12-13-14-15-16-17-18-19-20-21-25(37)46-34(23-36)31(42)27(39)29(41)33(47-34)45-30-24(22-35)44-32(43)28(40)26(30)38/h24,26-33,35-36,38-43H,2-23H2,1H3/t24-,26-,27+,28-,29-,30-,31-,32-,33+,34+/m1/s1. The van der Waals surface area contributed by atoms with E-state index >= 15 is 0 Å². The van der Waals surface area contributed by atoms with Crippen LogP contribution in [0.3, 0.4) is 0 Å². The first kappa shape index (κ1) is 42.2. The molecule has 2 aliphatic rings. The highest BCUT2D eigenvalue weighted by atomic mass is 16.8. The lowest BCUT2D eigenvalue weighted by molar-refractivity contribution is -0.416. The summed E-state index contributed by atoms with van der Waals surface area (Å²) in [5, 5.41) is 81.1. The molecule has 0 aromatic carbocycles. The Morgan fingerprint density at radius 2 is 1.11 bits per heavy atom. The zero-order chi connectivity index (χ0) is 34.7. The minimum absolute atomic E-state index is 0.0350. The van der Waals surface area contributed by atoms with Crippen LogP contribution < -0.4 is 0 Å². The van der Waals surface area contributed by atoms with Crippen LogP contribution in [0.2, 0.25) is 0 Å². The predicted octanol–water partition coefficient (Wildman–Crippen LogP) is 2.30. The molecule has 2 fully saturated rings. The zero-order valence-corrected chi connectivity index (χ0v) is 28.4. The van der Waals surface area contributed by atoms with Crippen molar-refractivity contribution in [3.8, 4) is 0 Å². The largest absolute Gasteiger partial charge is 0.427 e. The van der Waals surface area contributed by atoms with Crippen molar-refractivity contribution in [1.82, 2.24) is 0 Å². The van der Waals surface area contributed by atoms with Gasteiger partial charge in [0.1, 0.15) is 43.2 Å². The Morgan fingerprint density at radius 3 is 1.55 bits per heavy atom. The van der Waals surface area contributed by atoms with Crippen LogP contribution in [0.1, 0.15) is 135 Å². The van der Waals surface area contributed by atoms with E-state index in [1.807, 2.05) is 0 Å². The molecule has 10 atom stereocenters. The van der Waals surface area contributed by atoms with Crippen molar-refractivity contribution in [2.45, 2.75) is 196 Å². The minimum atomic E-state index is -2.50. The van der Waals surface area contributed by atoms with E-state index in [1.165, 1.54) is 89.9 Å². The Labute approximate surface area is 280 Å². The summed E-state index contributed by atoms with van der Waals surface area (Å²) in [6.45, 7) is 0.388. The molecule has 278 valence electrons. The average molecular weight is 681 g/mol. The maximum atomic E-state index is 12.7. The molecule has 0 aromatic heterocycles. The molecule has 0 spiro atoms. The molecule has 13 nitrogen and oxygen atoms in total. The van der Waals surface area contributed by atoms with Crippen LogP contribution in [-0.2, 0) is 23.7 Å². The van der Waals surface area contributed by atoms with Crippen molar-refractivity contribution in [2.75, 3.05) is 13.2 Å². The van der Waals surface area contributed by atoms with Crippen molar-refractivity contribution in [2.24, 2.45) is 0 Å². The number of ether oxygens (including phenoxy) is 4. The minimum Gasteiger partial charge on any atom is -0.427 e. The van der Waals surface area contributed by atoms with Crippen molar-refractivity contribution in [3.05, 3.63) is 0 Å². The van der Waals surface area contributed by atoms with Gasteiger partial charge < -0.3 is 59.8 Å². The molecule has 0 bridgehead atoms. The van der Waals surface area contributed by atoms with E-state index < -0.39 is 80.3 Å². The summed E-state index contributed by atoms with van der Waals surface area (Å²) in [7, 11) is 0. The van der Waals surface area contributed by atoms with Gasteiger partial charge in [0.25, 0.3) is 5.79 Å². The van der Waals surface area contributed by atoms with Crippen LogP contribution in [0.25, 0.3) is 0 Å². The van der Waals surface area contributed by atoms with Crippen molar-refractivity contribution >= 4 is 5.97 Å². The van der Waals surface area contributed by atoms with Crippen LogP contribution in [0.5, 0.6) is 0 Å². The van der Waals surface area contributed by atoms with Crippen molar-refractivity contribution < 1.29 is 64.6 Å². The molecular weight excluding hydrogens is 616 g/mol. The van der Waals surface area contributed by atoms with E-state index in [4.69, 9.17) is 18.9 Å². The molecule has 0 amide bonds. The second-order valence-electron chi connectivity index (χ2n) is 13.3. The molecule has 8 N–H and O–H groups in total. The number of unbranched alkanes of at least 4 members (excludes halogenated alkanes) is 18. The van der Waals surface area contributed by atoms with Gasteiger partial charge in [-0.05, 0) is 6.42 Å². The molecule has 2 aliphatic heterocycles. The van der Waals surface area contributed by atoms with Crippen LogP contribution in [-0.4, -0.2) is 121 Å². The van der Waals surface area contributed by atoms with Crippen LogP contribution in [0.15, 0.2) is 0 Å². The van der Waals surface area contributed by atoms with Gasteiger partial charge in [0.05, 0.1) is 6.61 Å². The van der Waals surface area contributed by atoms with Crippen LogP contribution >= 0.6 is 0 Å². The highest BCUT2D eigenvalue weighted by Crippen LogP contribution is 2.34. The lowest BCUT2D eigenvalue weighted by Gasteiger charge is -2.48. The van der Waals surface area contributed by atoms with Gasteiger partial charge in [-0.25, -0.2) is 0 Å². The van der Waals surface area contributed by atoms with E-state index in [1.54, 1.807) is 0 Å². The summed E-state index contributed by atoms with van der Waals surface area (Å²) in [4.78, 5) is 12.7. The predicted molar refractivity (Wildman–Crippen MR) is 172 cm³/mol. The summed E-state index contributed by atoms with van der Waals surface area (Å²) >= 11 is 0. The second kappa shape index (κ2) is 23.4. The van der Waals surface area contributed by atoms with Gasteiger partial charge in [-0.15, -0.1) is 0 Å². The Kier molecular flexibility index (Phi) is 21.0. The molecular formula is C34H64O13. The van der Waals surface area contributed by atoms with E-state index in [0.717, 1.165) is 25.7 Å². The quantitative estimate of drug-likeness (QED) is 0.0514. The van der Waals surface area contributed by atoms with Crippen molar-refractivity contribution in [1.29, 1.82) is 0 Å². The Hall–Kier alpha value is -0.970. The third-order valence-corrected chi connectivity index (χ3v) is 9.34. The number of aliphatic hydroxyl groups excluding tert-OH is 8. The fourth-order valence-electron chi connectivity index (χ4n) is 6.28. The zero-order valence-electron chi connectivity index (χ0n) is 28.4. The van der Waals surface area contributed by atoms with Gasteiger partial charge in [0, 0.05) is 6.42 Å². The molecule has 0 unspecified atom stereocenters. The maximum Gasteiger partial charge on any atom is 0.308 e. The molecule has 47 heavy (non-hydrogen) atoms. The average Bonchev–Trinajstić information content (AvgIpc) is 3.06. The topological polar surface area (TPSA) is 216 Å². The molecule has 0 aliphatic carbocycles.